The molecule has 6 heavy (non-hydrogen) atoms. The summed E-state index contributed by atoms with van der Waals surface area (Å²) in [5, 5.41) is 0. The molecule has 0 aliphatic carbocycles. The van der Waals surface area contributed by atoms with E-state index in [2.05, 4.69) is 3.77 Å². The molecule has 0 saturated carbocycles. The summed E-state index contributed by atoms with van der Waals surface area (Å²) >= 11 is -2.56. The van der Waals surface area contributed by atoms with Gasteiger partial charge in [0, 0.05) is 0 Å². The Bertz CT molecular complexity index is 101. The molecule has 36 valence electrons. The normalized spacial score (nSPS) is 12.8. The molecule has 0 aromatic carbocycles. The summed E-state index contributed by atoms with van der Waals surface area (Å²) < 4.78 is 28.6. The zero-order chi connectivity index (χ0) is 4.99. The van der Waals surface area contributed by atoms with Crippen molar-refractivity contribution in [3.63, 3.8) is 0 Å². The zero-order valence-electron chi connectivity index (χ0n) is 2.53. The predicted octanol–water partition coefficient (Wildman–Crippen LogP) is -0.480. The quantitative estimate of drug-likeness (QED) is 0.484. The minimum atomic E-state index is -2.29. The largest absolute Gasteiger partial charge is 0.295 e. The van der Waals surface area contributed by atoms with Gasteiger partial charge in [0.15, 0.2) is 0 Å². The van der Waals surface area contributed by atoms with Crippen molar-refractivity contribution in [2.75, 3.05) is 0 Å². The Morgan fingerprint density at radius 2 is 2.33 bits per heavy atom. The second-order valence-corrected chi connectivity index (χ2v) is 1.59. The first-order chi connectivity index (χ1) is 2.77. The van der Waals surface area contributed by atoms with Crippen molar-refractivity contribution in [1.29, 1.82) is 0 Å². The maximum atomic E-state index is 9.32. The average molecular weight is 127 g/mol. The minimum absolute atomic E-state index is 0.265. The van der Waals surface area contributed by atoms with Crippen LogP contribution in [0.5, 0.6) is 0 Å². The molecule has 0 aliphatic rings. The summed E-state index contributed by atoms with van der Waals surface area (Å²) in [7, 11) is 0. The summed E-state index contributed by atoms with van der Waals surface area (Å²) in [6.07, 6.45) is 0. The Labute approximate surface area is 40.2 Å². The standard InChI is InChI=1S/HNO3S2/c2-5-1-6(3)4/h(H,3,4). The first-order valence-corrected chi connectivity index (χ1v) is 2.64. The molecule has 0 amide bonds. The average Bonchev–Trinajstić information content (AvgIpc) is 1.35. The molecule has 0 spiro atoms. The lowest BCUT2D eigenvalue weighted by molar-refractivity contribution is 0.567. The molecule has 0 radical (unpaired) electrons. The highest BCUT2D eigenvalue weighted by atomic mass is 32.2. The molecule has 4 nitrogen and oxygen atoms in total. The van der Waals surface area contributed by atoms with Crippen LogP contribution in [0, 0.1) is 0 Å². The SMILES string of the molecule is O=S=NS(=O)O. The van der Waals surface area contributed by atoms with Crippen molar-refractivity contribution >= 4 is 22.7 Å². The highest BCUT2D eigenvalue weighted by Crippen LogP contribution is 1.66. The summed E-state index contributed by atoms with van der Waals surface area (Å²) in [4.78, 5) is 0. The third kappa shape index (κ3) is 3.93. The molecule has 0 heterocycles. The number of hydrogen-bond acceptors (Lipinski definition) is 2. The summed E-state index contributed by atoms with van der Waals surface area (Å²) in [5.41, 5.74) is 0. The number of nitrogens with zero attached hydrogens (tertiary/aromatic N) is 1. The molecule has 0 bridgehead atoms. The van der Waals surface area contributed by atoms with Crippen LogP contribution < -0.4 is 0 Å². The zero-order valence-corrected chi connectivity index (χ0v) is 4.16. The predicted molar refractivity (Wildman–Crippen MR) is 21.3 cm³/mol. The molecule has 6 heteroatoms. The van der Waals surface area contributed by atoms with Crippen LogP contribution in [0.2, 0.25) is 0 Å². The summed E-state index contributed by atoms with van der Waals surface area (Å²) in [6, 6.07) is 0. The molecular weight excluding hydrogens is 126 g/mol. The third-order valence-corrected chi connectivity index (χ3v) is 0.848. The van der Waals surface area contributed by atoms with Gasteiger partial charge in [-0.25, -0.2) is 4.21 Å². The van der Waals surface area contributed by atoms with Crippen LogP contribution in [0.1, 0.15) is 0 Å². The molecule has 0 aromatic heterocycles. The first-order valence-electron chi connectivity index (χ1n) is 0.881. The van der Waals surface area contributed by atoms with E-state index < -0.39 is 11.3 Å². The highest BCUT2D eigenvalue weighted by molar-refractivity contribution is 7.82. The van der Waals surface area contributed by atoms with Crippen LogP contribution in [-0.4, -0.2) is 13.0 Å². The fourth-order valence-corrected chi connectivity index (χ4v) is 0.234. The lowest BCUT2D eigenvalue weighted by atomic mass is 13.9. The van der Waals surface area contributed by atoms with Crippen LogP contribution in [0.3, 0.4) is 0 Å². The van der Waals surface area contributed by atoms with E-state index in [0.29, 0.717) is 0 Å². The van der Waals surface area contributed by atoms with E-state index in [1.54, 1.807) is 0 Å². The van der Waals surface area contributed by atoms with Crippen LogP contribution in [-0.2, 0) is 22.7 Å². The number of rotatable bonds is 1. The van der Waals surface area contributed by atoms with Crippen molar-refractivity contribution in [3.8, 4) is 0 Å². The first kappa shape index (κ1) is 5.93. The van der Waals surface area contributed by atoms with Gasteiger partial charge < -0.3 is 0 Å². The molecule has 0 saturated heterocycles. The van der Waals surface area contributed by atoms with Gasteiger partial charge in [-0.2, -0.15) is 4.21 Å². The van der Waals surface area contributed by atoms with Gasteiger partial charge >= 0.3 is 0 Å². The Balaban J connectivity index is 3.60. The van der Waals surface area contributed by atoms with Crippen LogP contribution in [0.4, 0.5) is 0 Å². The Kier molecular flexibility index (Phi) is 3.10. The molecule has 1 N–H and O–H groups in total. The summed E-state index contributed by atoms with van der Waals surface area (Å²) in [6.45, 7) is 0. The Morgan fingerprint density at radius 1 is 1.83 bits per heavy atom. The molecular formula is HNO3S2. The number of hydrogen-bond donors (Lipinski definition) is 1. The Morgan fingerprint density at radius 3 is 2.33 bits per heavy atom. The van der Waals surface area contributed by atoms with Crippen molar-refractivity contribution in [1.82, 2.24) is 0 Å². The maximum absolute atomic E-state index is 9.32. The van der Waals surface area contributed by atoms with E-state index in [1.807, 2.05) is 0 Å². The van der Waals surface area contributed by atoms with Crippen molar-refractivity contribution in [2.45, 2.75) is 0 Å². The van der Waals surface area contributed by atoms with E-state index in [1.165, 1.54) is 0 Å². The molecule has 0 aliphatic heterocycles. The van der Waals surface area contributed by atoms with Gasteiger partial charge in [-0.05, 0) is 0 Å². The monoisotopic (exact) mass is 127 g/mol. The van der Waals surface area contributed by atoms with Gasteiger partial charge in [-0.1, -0.05) is 3.77 Å². The lowest BCUT2D eigenvalue weighted by Gasteiger charge is -1.62. The van der Waals surface area contributed by atoms with E-state index in [0.717, 1.165) is 0 Å². The van der Waals surface area contributed by atoms with Gasteiger partial charge in [0.2, 0.25) is 11.5 Å². The van der Waals surface area contributed by atoms with Crippen molar-refractivity contribution < 1.29 is 13.0 Å². The maximum Gasteiger partial charge on any atom is 0.295 e. The molecule has 0 fully saturated rings. The molecule has 1 atom stereocenters. The lowest BCUT2D eigenvalue weighted by Crippen LogP contribution is -1.72. The highest BCUT2D eigenvalue weighted by Gasteiger charge is 1.75. The molecule has 1 unspecified atom stereocenters. The molecule has 0 rings (SSSR count). The van der Waals surface area contributed by atoms with Gasteiger partial charge in [-0.15, -0.1) is 0 Å². The minimum Gasteiger partial charge on any atom is -0.287 e. The third-order valence-electron chi connectivity index (χ3n) is 0.0942. The van der Waals surface area contributed by atoms with E-state index >= 15 is 0 Å². The van der Waals surface area contributed by atoms with E-state index in [4.69, 9.17) is 8.76 Å². The van der Waals surface area contributed by atoms with Crippen molar-refractivity contribution in [3.05, 3.63) is 0 Å². The second kappa shape index (κ2) is 3.13. The van der Waals surface area contributed by atoms with Gasteiger partial charge in [0.1, 0.15) is 0 Å². The van der Waals surface area contributed by atoms with Crippen LogP contribution in [0.25, 0.3) is 0 Å². The fraction of sp³-hybridized carbons (Fsp3) is 0. The van der Waals surface area contributed by atoms with Gasteiger partial charge in [0.05, 0.1) is 0 Å². The Hall–Kier alpha value is -0.0700. The van der Waals surface area contributed by atoms with E-state index in [-0.39, 0.29) is 11.5 Å². The second-order valence-electron chi connectivity index (χ2n) is 0.380. The molecule has 0 aromatic rings. The summed E-state index contributed by atoms with van der Waals surface area (Å²) in [5.74, 6) is 0. The van der Waals surface area contributed by atoms with Gasteiger partial charge in [0.25, 0.3) is 11.3 Å². The van der Waals surface area contributed by atoms with Gasteiger partial charge in [-0.3, -0.25) is 4.55 Å². The van der Waals surface area contributed by atoms with Crippen LogP contribution >= 0.6 is 0 Å². The van der Waals surface area contributed by atoms with Crippen molar-refractivity contribution in [2.24, 2.45) is 3.77 Å². The fourth-order valence-electron chi connectivity index (χ4n) is 0.0260. The smallest absolute Gasteiger partial charge is 0.287 e. The topological polar surface area (TPSA) is 66.7 Å². The van der Waals surface area contributed by atoms with Crippen LogP contribution in [0.15, 0.2) is 3.77 Å². The van der Waals surface area contributed by atoms with E-state index in [9.17, 15) is 4.21 Å².